The molecule has 2 rings (SSSR count). The van der Waals surface area contributed by atoms with Crippen molar-refractivity contribution in [1.82, 2.24) is 0 Å². The van der Waals surface area contributed by atoms with E-state index in [4.69, 9.17) is 14.9 Å². The number of carbonyl (C=O) groups excluding carboxylic acids is 1. The maximum Gasteiger partial charge on any atom is 0.311 e. The number of esters is 1. The van der Waals surface area contributed by atoms with Crippen LogP contribution in [-0.2, 0) is 9.53 Å². The molecule has 0 aliphatic carbocycles. The van der Waals surface area contributed by atoms with Gasteiger partial charge < -0.3 is 14.9 Å². The molecule has 0 heterocycles. The summed E-state index contributed by atoms with van der Waals surface area (Å²) < 4.78 is 10.4. The van der Waals surface area contributed by atoms with Crippen molar-refractivity contribution in [2.24, 2.45) is 5.41 Å². The molecular formula is C18H21NO3. The summed E-state index contributed by atoms with van der Waals surface area (Å²) in [6.45, 7) is 5.37. The van der Waals surface area contributed by atoms with Crippen molar-refractivity contribution in [2.45, 2.75) is 20.8 Å². The van der Waals surface area contributed by atoms with E-state index in [1.54, 1.807) is 27.9 Å². The van der Waals surface area contributed by atoms with Gasteiger partial charge in [0.1, 0.15) is 12.4 Å². The van der Waals surface area contributed by atoms with Gasteiger partial charge in [0.15, 0.2) is 0 Å². The molecule has 0 bridgehead atoms. The molecule has 0 aliphatic heterocycles. The first-order chi connectivity index (χ1) is 10.3. The summed E-state index contributed by atoms with van der Waals surface area (Å²) in [5, 5.41) is 10.1. The van der Waals surface area contributed by atoms with Gasteiger partial charge in [-0.25, -0.2) is 0 Å². The van der Waals surface area contributed by atoms with Crippen molar-refractivity contribution < 1.29 is 14.3 Å². The minimum atomic E-state index is -0.555. The van der Waals surface area contributed by atoms with E-state index in [0.29, 0.717) is 0 Å². The lowest BCUT2D eigenvalue weighted by atomic mass is 9.97. The van der Waals surface area contributed by atoms with E-state index in [1.807, 2.05) is 36.4 Å². The minimum absolute atomic E-state index is 0.0161. The van der Waals surface area contributed by atoms with Crippen molar-refractivity contribution in [3.8, 4) is 5.75 Å². The summed E-state index contributed by atoms with van der Waals surface area (Å²) in [6.07, 6.45) is 0. The average molecular weight is 299 g/mol. The molecule has 22 heavy (non-hydrogen) atoms. The van der Waals surface area contributed by atoms with E-state index in [0.717, 1.165) is 22.1 Å². The lowest BCUT2D eigenvalue weighted by molar-refractivity contribution is -0.151. The van der Waals surface area contributed by atoms with Crippen molar-refractivity contribution in [3.63, 3.8) is 0 Å². The van der Waals surface area contributed by atoms with Crippen LogP contribution in [0.2, 0.25) is 0 Å². The Morgan fingerprint density at radius 2 is 1.73 bits per heavy atom. The van der Waals surface area contributed by atoms with Crippen LogP contribution in [0.4, 0.5) is 0 Å². The Labute approximate surface area is 130 Å². The van der Waals surface area contributed by atoms with Crippen LogP contribution in [0.3, 0.4) is 0 Å². The van der Waals surface area contributed by atoms with Gasteiger partial charge in [-0.15, -0.1) is 0 Å². The van der Waals surface area contributed by atoms with E-state index >= 15 is 0 Å². The molecule has 4 nitrogen and oxygen atoms in total. The monoisotopic (exact) mass is 299 g/mol. The van der Waals surface area contributed by atoms with Gasteiger partial charge in [0.25, 0.3) is 0 Å². The molecular weight excluding hydrogens is 278 g/mol. The van der Waals surface area contributed by atoms with E-state index in [1.165, 1.54) is 0 Å². The molecule has 0 spiro atoms. The normalized spacial score (nSPS) is 11.3. The fourth-order valence-corrected chi connectivity index (χ4v) is 1.98. The van der Waals surface area contributed by atoms with Crippen LogP contribution in [0.1, 0.15) is 26.3 Å². The highest BCUT2D eigenvalue weighted by atomic mass is 16.5. The van der Waals surface area contributed by atoms with Crippen molar-refractivity contribution in [1.29, 1.82) is 5.41 Å². The standard InChI is InChI=1S/C18H21NO3/c1-18(2,3)17(20)22-11-16(19)14-6-5-13-10-15(21-4)8-7-12(13)9-14/h5-10,19H,11H2,1-4H3. The Balaban J connectivity index is 2.13. The Morgan fingerprint density at radius 1 is 1.09 bits per heavy atom. The highest BCUT2D eigenvalue weighted by Gasteiger charge is 2.23. The second-order valence-electron chi connectivity index (χ2n) is 6.23. The Bertz CT molecular complexity index is 714. The molecule has 116 valence electrons. The lowest BCUT2D eigenvalue weighted by Crippen LogP contribution is -2.25. The first-order valence-corrected chi connectivity index (χ1v) is 7.14. The largest absolute Gasteiger partial charge is 0.497 e. The SMILES string of the molecule is COc1ccc2cc(C(=N)COC(=O)C(C)(C)C)ccc2c1. The number of methoxy groups -OCH3 is 1. The number of nitrogens with one attached hydrogen (secondary N) is 1. The molecule has 0 radical (unpaired) electrons. The van der Waals surface area contributed by atoms with Gasteiger partial charge in [0, 0.05) is 0 Å². The smallest absolute Gasteiger partial charge is 0.311 e. The van der Waals surface area contributed by atoms with E-state index < -0.39 is 5.41 Å². The summed E-state index contributed by atoms with van der Waals surface area (Å²) in [4.78, 5) is 11.8. The number of fused-ring (bicyclic) bond motifs is 1. The molecule has 0 amide bonds. The average Bonchev–Trinajstić information content (AvgIpc) is 2.50. The highest BCUT2D eigenvalue weighted by Crippen LogP contribution is 2.22. The molecule has 2 aromatic carbocycles. The predicted octanol–water partition coefficient (Wildman–Crippen LogP) is 3.81. The predicted molar refractivity (Wildman–Crippen MR) is 87.7 cm³/mol. The molecule has 2 aromatic rings. The Hall–Kier alpha value is -2.36. The fourth-order valence-electron chi connectivity index (χ4n) is 1.98. The molecule has 0 aromatic heterocycles. The van der Waals surface area contributed by atoms with Gasteiger partial charge in [-0.05, 0) is 55.3 Å². The Morgan fingerprint density at radius 3 is 2.36 bits per heavy atom. The van der Waals surface area contributed by atoms with Crippen LogP contribution < -0.4 is 4.74 Å². The van der Waals surface area contributed by atoms with Crippen LogP contribution in [0.15, 0.2) is 36.4 Å². The first-order valence-electron chi connectivity index (χ1n) is 7.14. The first kappa shape index (κ1) is 16.0. The zero-order valence-electron chi connectivity index (χ0n) is 13.4. The summed E-state index contributed by atoms with van der Waals surface area (Å²) in [7, 11) is 1.63. The van der Waals surface area contributed by atoms with Crippen molar-refractivity contribution >= 4 is 22.5 Å². The summed E-state index contributed by atoms with van der Waals surface area (Å²) in [6, 6.07) is 11.5. The Kier molecular flexibility index (Phi) is 4.50. The molecule has 0 atom stereocenters. The van der Waals surface area contributed by atoms with Crippen molar-refractivity contribution in [3.05, 3.63) is 42.0 Å². The van der Waals surface area contributed by atoms with Crippen LogP contribution in [-0.4, -0.2) is 25.4 Å². The van der Waals surface area contributed by atoms with Crippen LogP contribution >= 0.6 is 0 Å². The molecule has 0 unspecified atom stereocenters. The highest BCUT2D eigenvalue weighted by molar-refractivity contribution is 6.03. The third kappa shape index (κ3) is 3.64. The molecule has 1 N–H and O–H groups in total. The van der Waals surface area contributed by atoms with Crippen LogP contribution in [0, 0.1) is 10.8 Å². The summed E-state index contributed by atoms with van der Waals surface area (Å²) in [5.41, 5.74) is 0.481. The number of benzene rings is 2. The maximum atomic E-state index is 11.8. The summed E-state index contributed by atoms with van der Waals surface area (Å²) >= 11 is 0. The number of hydrogen-bond donors (Lipinski definition) is 1. The van der Waals surface area contributed by atoms with Gasteiger partial charge in [0.2, 0.25) is 0 Å². The minimum Gasteiger partial charge on any atom is -0.497 e. The molecule has 0 fully saturated rings. The quantitative estimate of drug-likeness (QED) is 0.690. The third-order valence-corrected chi connectivity index (χ3v) is 3.36. The van der Waals surface area contributed by atoms with Gasteiger partial charge >= 0.3 is 5.97 Å². The van der Waals surface area contributed by atoms with Crippen LogP contribution in [0.5, 0.6) is 5.75 Å². The number of carbonyl (C=O) groups is 1. The van der Waals surface area contributed by atoms with Gasteiger partial charge in [-0.1, -0.05) is 18.2 Å². The second-order valence-corrected chi connectivity index (χ2v) is 6.23. The third-order valence-electron chi connectivity index (χ3n) is 3.36. The molecule has 0 saturated heterocycles. The number of ether oxygens (including phenoxy) is 2. The van der Waals surface area contributed by atoms with Crippen LogP contribution in [0.25, 0.3) is 10.8 Å². The van der Waals surface area contributed by atoms with E-state index in [-0.39, 0.29) is 18.3 Å². The molecule has 0 aliphatic rings. The van der Waals surface area contributed by atoms with E-state index in [2.05, 4.69) is 0 Å². The van der Waals surface area contributed by atoms with Gasteiger partial charge in [0.05, 0.1) is 18.2 Å². The van der Waals surface area contributed by atoms with Crippen molar-refractivity contribution in [2.75, 3.05) is 13.7 Å². The van der Waals surface area contributed by atoms with E-state index in [9.17, 15) is 4.79 Å². The van der Waals surface area contributed by atoms with Gasteiger partial charge in [-0.2, -0.15) is 0 Å². The topological polar surface area (TPSA) is 59.4 Å². The zero-order chi connectivity index (χ0) is 16.3. The fraction of sp³-hybridized carbons (Fsp3) is 0.333. The summed E-state index contributed by atoms with van der Waals surface area (Å²) in [5.74, 6) is 0.497. The number of rotatable bonds is 4. The molecule has 4 heteroatoms. The number of hydrogen-bond acceptors (Lipinski definition) is 4. The maximum absolute atomic E-state index is 11.8. The zero-order valence-corrected chi connectivity index (χ0v) is 13.4. The second kappa shape index (κ2) is 6.18. The molecule has 0 saturated carbocycles. The lowest BCUT2D eigenvalue weighted by Gasteiger charge is -2.16. The van der Waals surface area contributed by atoms with Gasteiger partial charge in [-0.3, -0.25) is 4.79 Å².